The van der Waals surface area contributed by atoms with Crippen LogP contribution in [0.4, 0.5) is 0 Å². The maximum atomic E-state index is 13.0. The number of hydrogen-bond acceptors (Lipinski definition) is 2. The number of ketones is 1. The molecule has 4 aromatic heterocycles. The summed E-state index contributed by atoms with van der Waals surface area (Å²) in [6, 6.07) is 45.0. The van der Waals surface area contributed by atoms with E-state index >= 15 is 0 Å². The first-order valence-corrected chi connectivity index (χ1v) is 20.2. The van der Waals surface area contributed by atoms with Crippen LogP contribution in [0.25, 0.3) is 23.0 Å². The predicted octanol–water partition coefficient (Wildman–Crippen LogP) is 7.30. The maximum Gasteiger partial charge on any atom is 0.174 e. The lowest BCUT2D eigenvalue weighted by Crippen LogP contribution is -2.42. The van der Waals surface area contributed by atoms with Crippen LogP contribution in [0.15, 0.2) is 127 Å². The first kappa shape index (κ1) is 33.1. The van der Waals surface area contributed by atoms with Crippen LogP contribution in [0, 0.1) is 17.3 Å². The molecule has 0 amide bonds. The molecular weight excluding hydrogens is 689 g/mol. The van der Waals surface area contributed by atoms with Gasteiger partial charge in [0, 0.05) is 56.1 Å². The van der Waals surface area contributed by atoms with Gasteiger partial charge < -0.3 is 24.7 Å². The Bertz CT molecular complexity index is 2910. The normalized spacial score (nSPS) is 22.6. The number of benzene rings is 3. The van der Waals surface area contributed by atoms with Crippen LogP contribution < -0.4 is 26.1 Å². The third-order valence-electron chi connectivity index (χ3n) is 13.4. The van der Waals surface area contributed by atoms with Gasteiger partial charge in [-0.1, -0.05) is 73.7 Å². The van der Waals surface area contributed by atoms with Gasteiger partial charge in [0.2, 0.25) is 0 Å². The SMILES string of the molecule is CC12CCC3c4ccc(OC5=c6ccc([nH]6)=C(c6ccccc6)c6ccc([nH]6)C=c6ccc([nH]6)=C(c6ccccc6)c6ccc5[nH]6)cc4CCC3C1CCC2=O. The molecule has 8 bridgehead atoms. The molecule has 1 aliphatic heterocycles. The smallest absolute Gasteiger partial charge is 0.174 e. The number of fused-ring (bicyclic) bond motifs is 13. The van der Waals surface area contributed by atoms with Crippen molar-refractivity contribution in [3.63, 3.8) is 0 Å². The molecule has 3 aliphatic carbocycles. The molecule has 4 unspecified atom stereocenters. The van der Waals surface area contributed by atoms with E-state index in [-0.39, 0.29) is 5.41 Å². The number of aryl methyl sites for hydroxylation is 1. The highest BCUT2D eigenvalue weighted by atomic mass is 16.5. The Morgan fingerprint density at radius 3 is 2.12 bits per heavy atom. The van der Waals surface area contributed by atoms with Crippen LogP contribution in [0.3, 0.4) is 0 Å². The van der Waals surface area contributed by atoms with Crippen molar-refractivity contribution in [1.29, 1.82) is 0 Å². The van der Waals surface area contributed by atoms with Gasteiger partial charge in [-0.05, 0) is 139 Å². The third-order valence-corrected chi connectivity index (χ3v) is 13.4. The van der Waals surface area contributed by atoms with Crippen molar-refractivity contribution in [3.8, 4) is 5.75 Å². The van der Waals surface area contributed by atoms with Gasteiger partial charge in [-0.2, -0.15) is 0 Å². The predicted molar refractivity (Wildman–Crippen MR) is 221 cm³/mol. The molecular formula is C50H44N4O2. The molecule has 2 fully saturated rings. The highest BCUT2D eigenvalue weighted by molar-refractivity contribution is 5.87. The second-order valence-electron chi connectivity index (χ2n) is 16.5. The van der Waals surface area contributed by atoms with Crippen LogP contribution in [0.1, 0.15) is 90.0 Å². The molecule has 5 heterocycles. The van der Waals surface area contributed by atoms with Crippen molar-refractivity contribution in [1.82, 2.24) is 19.9 Å². The number of carbonyl (C=O) groups is 1. The average Bonchev–Trinajstić information content (AvgIpc) is 4.09. The number of hydrogen-bond donors (Lipinski definition) is 4. The number of Topliss-reactive ketones (excluding diaryl/α,β-unsaturated/α-hetero) is 1. The zero-order valence-electron chi connectivity index (χ0n) is 31.5. The Kier molecular flexibility index (Phi) is 7.63. The summed E-state index contributed by atoms with van der Waals surface area (Å²) in [4.78, 5) is 27.9. The molecule has 3 aromatic carbocycles. The van der Waals surface area contributed by atoms with E-state index in [9.17, 15) is 4.79 Å². The minimum Gasteiger partial charge on any atom is -0.453 e. The van der Waals surface area contributed by atoms with E-state index in [0.29, 0.717) is 23.5 Å². The summed E-state index contributed by atoms with van der Waals surface area (Å²) in [5, 5.41) is 3.90. The van der Waals surface area contributed by atoms with Gasteiger partial charge in [0.25, 0.3) is 0 Å². The fourth-order valence-corrected chi connectivity index (χ4v) is 10.7. The minimum absolute atomic E-state index is 0.118. The second-order valence-corrected chi connectivity index (χ2v) is 16.5. The summed E-state index contributed by atoms with van der Waals surface area (Å²) >= 11 is 0. The van der Waals surface area contributed by atoms with Crippen LogP contribution in [-0.4, -0.2) is 25.7 Å². The zero-order valence-corrected chi connectivity index (χ0v) is 31.5. The van der Waals surface area contributed by atoms with Crippen molar-refractivity contribution >= 4 is 28.8 Å². The Labute approximate surface area is 325 Å². The van der Waals surface area contributed by atoms with E-state index in [2.05, 4.69) is 160 Å². The van der Waals surface area contributed by atoms with E-state index in [4.69, 9.17) is 4.74 Å². The lowest BCUT2D eigenvalue weighted by Gasteiger charge is -2.48. The van der Waals surface area contributed by atoms with Crippen molar-refractivity contribution in [2.24, 2.45) is 17.3 Å². The highest BCUT2D eigenvalue weighted by Crippen LogP contribution is 2.59. The monoisotopic (exact) mass is 732 g/mol. The van der Waals surface area contributed by atoms with Crippen LogP contribution in [0.5, 0.6) is 5.75 Å². The summed E-state index contributed by atoms with van der Waals surface area (Å²) in [6.45, 7) is 2.25. The minimum atomic E-state index is -0.118. The van der Waals surface area contributed by atoms with E-state index in [1.165, 1.54) is 11.1 Å². The second kappa shape index (κ2) is 12.9. The van der Waals surface area contributed by atoms with Crippen molar-refractivity contribution < 1.29 is 9.53 Å². The van der Waals surface area contributed by atoms with E-state index < -0.39 is 0 Å². The van der Waals surface area contributed by atoms with Gasteiger partial charge in [0.1, 0.15) is 11.5 Å². The third kappa shape index (κ3) is 5.42. The molecule has 0 radical (unpaired) electrons. The van der Waals surface area contributed by atoms with E-state index in [1.54, 1.807) is 0 Å². The lowest BCUT2D eigenvalue weighted by molar-refractivity contribution is -0.129. The lowest BCUT2D eigenvalue weighted by atomic mass is 9.55. The Hall–Kier alpha value is -6.27. The molecule has 6 nitrogen and oxygen atoms in total. The largest absolute Gasteiger partial charge is 0.453 e. The summed E-state index contributed by atoms with van der Waals surface area (Å²) in [5.41, 5.74) is 11.0. The van der Waals surface area contributed by atoms with Gasteiger partial charge in [0.15, 0.2) is 5.76 Å². The van der Waals surface area contributed by atoms with Gasteiger partial charge in [-0.3, -0.25) is 4.79 Å². The number of rotatable bonds is 4. The molecule has 6 heteroatoms. The summed E-state index contributed by atoms with van der Waals surface area (Å²) < 4.78 is 7.07. The highest BCUT2D eigenvalue weighted by Gasteiger charge is 2.54. The standard InChI is InChI=1S/C50H44N4O2/c1-50-27-26-37-36-17-15-35(28-32(36)12-16-38(37)39(50)18-25-46(50)55)56-49-44-23-21-42(53-44)47(30-8-4-2-5-9-30)40-19-13-33(51-40)29-34-14-20-41(52-34)48(31-10-6-3-7-11-31)43-22-24-45(49)54-43/h2-11,13-15,17,19-24,28-29,37-39,51-54H,12,16,18,25-27H2,1H3. The van der Waals surface area contributed by atoms with Gasteiger partial charge in [-0.25, -0.2) is 0 Å². The topological polar surface area (TPSA) is 89.5 Å². The molecule has 2 saturated carbocycles. The van der Waals surface area contributed by atoms with Crippen molar-refractivity contribution in [3.05, 3.63) is 194 Å². The molecule has 276 valence electrons. The Morgan fingerprint density at radius 2 is 1.32 bits per heavy atom. The number of ether oxygens (including phenoxy) is 1. The van der Waals surface area contributed by atoms with Crippen molar-refractivity contribution in [2.45, 2.75) is 51.4 Å². The summed E-state index contributed by atoms with van der Waals surface area (Å²) in [6.07, 6.45) is 8.23. The molecule has 7 aromatic rings. The quantitative estimate of drug-likeness (QED) is 0.153. The fraction of sp³-hybridized carbons (Fsp3) is 0.220. The average molecular weight is 733 g/mol. The van der Waals surface area contributed by atoms with E-state index in [0.717, 1.165) is 116 Å². The zero-order chi connectivity index (χ0) is 37.4. The molecule has 4 atom stereocenters. The van der Waals surface area contributed by atoms with Gasteiger partial charge >= 0.3 is 0 Å². The molecule has 4 aliphatic rings. The molecule has 0 saturated heterocycles. The number of aromatic amines is 4. The first-order valence-electron chi connectivity index (χ1n) is 20.2. The number of nitrogens with one attached hydrogen (secondary N) is 4. The Morgan fingerprint density at radius 1 is 0.625 bits per heavy atom. The molecule has 0 spiro atoms. The Balaban J connectivity index is 1.08. The van der Waals surface area contributed by atoms with Crippen LogP contribution in [-0.2, 0) is 11.2 Å². The summed E-state index contributed by atoms with van der Waals surface area (Å²) in [5.74, 6) is 3.67. The fourth-order valence-electron chi connectivity index (χ4n) is 10.7. The van der Waals surface area contributed by atoms with Crippen LogP contribution >= 0.6 is 0 Å². The molecule has 56 heavy (non-hydrogen) atoms. The molecule has 4 N–H and O–H groups in total. The van der Waals surface area contributed by atoms with E-state index in [1.807, 2.05) is 0 Å². The van der Waals surface area contributed by atoms with Crippen molar-refractivity contribution in [2.75, 3.05) is 0 Å². The molecule has 11 rings (SSSR count). The van der Waals surface area contributed by atoms with Gasteiger partial charge in [0.05, 0.1) is 11.0 Å². The number of aromatic nitrogens is 4. The van der Waals surface area contributed by atoms with Gasteiger partial charge in [-0.15, -0.1) is 0 Å². The first-order chi connectivity index (χ1) is 27.5. The maximum absolute atomic E-state index is 13.0. The summed E-state index contributed by atoms with van der Waals surface area (Å²) in [7, 11) is 0. The number of carbonyl (C=O) groups excluding carboxylic acids is 1. The van der Waals surface area contributed by atoms with Crippen LogP contribution in [0.2, 0.25) is 0 Å². The number of H-pyrrole nitrogens is 4.